The smallest absolute Gasteiger partial charge is 0.155 e. The van der Waals surface area contributed by atoms with Crippen LogP contribution in [0.15, 0.2) is 30.6 Å². The molecule has 3 heterocycles. The van der Waals surface area contributed by atoms with Crippen LogP contribution in [0.4, 0.5) is 5.82 Å². The summed E-state index contributed by atoms with van der Waals surface area (Å²) in [5.74, 6) is 1.01. The highest BCUT2D eigenvalue weighted by Crippen LogP contribution is 2.21. The van der Waals surface area contributed by atoms with Crippen molar-refractivity contribution >= 4 is 16.7 Å². The van der Waals surface area contributed by atoms with E-state index in [4.69, 9.17) is 0 Å². The van der Waals surface area contributed by atoms with Gasteiger partial charge in [0.2, 0.25) is 0 Å². The number of hydrogen-bond donors (Lipinski definition) is 1. The fourth-order valence-corrected chi connectivity index (χ4v) is 2.10. The normalized spacial score (nSPS) is 16.6. The molecule has 82 valence electrons. The van der Waals surface area contributed by atoms with Crippen LogP contribution < -0.4 is 10.2 Å². The number of hydrogen-bond acceptors (Lipinski definition) is 4. The standard InChI is InChI=1S/C12H14N4/c1-2-10-3-5-15-12(11(10)14-4-1)16-8-6-13-7-9-16/h1-5,13H,6-9H2. The van der Waals surface area contributed by atoms with Gasteiger partial charge in [-0.2, -0.15) is 0 Å². The summed E-state index contributed by atoms with van der Waals surface area (Å²) in [5, 5.41) is 4.50. The lowest BCUT2D eigenvalue weighted by Gasteiger charge is -2.28. The van der Waals surface area contributed by atoms with Crippen molar-refractivity contribution in [3.8, 4) is 0 Å². The van der Waals surface area contributed by atoms with Gasteiger partial charge in [-0.15, -0.1) is 0 Å². The molecule has 2 aromatic rings. The van der Waals surface area contributed by atoms with Crippen LogP contribution in [-0.2, 0) is 0 Å². The summed E-state index contributed by atoms with van der Waals surface area (Å²) in [6.07, 6.45) is 3.69. The van der Waals surface area contributed by atoms with E-state index >= 15 is 0 Å². The van der Waals surface area contributed by atoms with Gasteiger partial charge in [0.15, 0.2) is 5.82 Å². The third kappa shape index (κ3) is 1.61. The van der Waals surface area contributed by atoms with Crippen LogP contribution >= 0.6 is 0 Å². The molecule has 0 saturated carbocycles. The lowest BCUT2D eigenvalue weighted by Crippen LogP contribution is -2.44. The number of fused-ring (bicyclic) bond motifs is 1. The van der Waals surface area contributed by atoms with Crippen molar-refractivity contribution < 1.29 is 0 Å². The third-order valence-electron chi connectivity index (χ3n) is 2.92. The van der Waals surface area contributed by atoms with Crippen LogP contribution in [0.3, 0.4) is 0 Å². The SMILES string of the molecule is c1cnc2c(N3CCNCC3)nccc2c1. The van der Waals surface area contributed by atoms with Crippen LogP contribution in [0, 0.1) is 0 Å². The van der Waals surface area contributed by atoms with E-state index < -0.39 is 0 Å². The third-order valence-corrected chi connectivity index (χ3v) is 2.92. The number of aromatic nitrogens is 2. The highest BCUT2D eigenvalue weighted by Gasteiger charge is 2.14. The molecule has 0 aliphatic carbocycles. The second-order valence-corrected chi connectivity index (χ2v) is 3.95. The van der Waals surface area contributed by atoms with Crippen molar-refractivity contribution in [1.82, 2.24) is 15.3 Å². The van der Waals surface area contributed by atoms with Crippen molar-refractivity contribution in [1.29, 1.82) is 0 Å². The predicted octanol–water partition coefficient (Wildman–Crippen LogP) is 1.04. The molecule has 1 aliphatic rings. The molecule has 2 aromatic heterocycles. The van der Waals surface area contributed by atoms with Crippen LogP contribution in [-0.4, -0.2) is 36.1 Å². The first kappa shape index (κ1) is 9.54. The summed E-state index contributed by atoms with van der Waals surface area (Å²) >= 11 is 0. The van der Waals surface area contributed by atoms with Gasteiger partial charge < -0.3 is 10.2 Å². The zero-order valence-electron chi connectivity index (χ0n) is 9.06. The van der Waals surface area contributed by atoms with Crippen LogP contribution in [0.1, 0.15) is 0 Å². The Bertz CT molecular complexity index is 486. The minimum Gasteiger partial charge on any atom is -0.352 e. The quantitative estimate of drug-likeness (QED) is 0.770. The van der Waals surface area contributed by atoms with E-state index in [1.165, 1.54) is 0 Å². The van der Waals surface area contributed by atoms with E-state index in [-0.39, 0.29) is 0 Å². The Labute approximate surface area is 94.3 Å². The predicted molar refractivity (Wildman–Crippen MR) is 64.6 cm³/mol. The lowest BCUT2D eigenvalue weighted by molar-refractivity contribution is 0.586. The number of anilines is 1. The number of pyridine rings is 2. The maximum atomic E-state index is 4.47. The summed E-state index contributed by atoms with van der Waals surface area (Å²) < 4.78 is 0. The van der Waals surface area contributed by atoms with Crippen molar-refractivity contribution in [2.75, 3.05) is 31.1 Å². The van der Waals surface area contributed by atoms with E-state index in [9.17, 15) is 0 Å². The first-order valence-electron chi connectivity index (χ1n) is 5.60. The molecule has 3 rings (SSSR count). The topological polar surface area (TPSA) is 41.1 Å². The average molecular weight is 214 g/mol. The molecule has 0 bridgehead atoms. The van der Waals surface area contributed by atoms with Crippen LogP contribution in [0.2, 0.25) is 0 Å². The van der Waals surface area contributed by atoms with Crippen LogP contribution in [0.25, 0.3) is 10.9 Å². The molecule has 1 saturated heterocycles. The molecule has 0 unspecified atom stereocenters. The van der Waals surface area contributed by atoms with Crippen LogP contribution in [0.5, 0.6) is 0 Å². The molecule has 0 amide bonds. The van der Waals surface area contributed by atoms with E-state index in [1.807, 2.05) is 24.5 Å². The van der Waals surface area contributed by atoms with Crippen molar-refractivity contribution in [2.24, 2.45) is 0 Å². The maximum Gasteiger partial charge on any atom is 0.155 e. The Balaban J connectivity index is 2.08. The summed E-state index contributed by atoms with van der Waals surface area (Å²) in [6, 6.07) is 6.05. The Hall–Kier alpha value is -1.68. The first-order valence-corrected chi connectivity index (χ1v) is 5.60. The van der Waals surface area contributed by atoms with Gasteiger partial charge in [0.1, 0.15) is 5.52 Å². The molecule has 1 aliphatic heterocycles. The van der Waals surface area contributed by atoms with Gasteiger partial charge in [-0.25, -0.2) is 4.98 Å². The molecular weight excluding hydrogens is 200 g/mol. The molecule has 0 spiro atoms. The molecule has 1 fully saturated rings. The largest absolute Gasteiger partial charge is 0.352 e. The fraction of sp³-hybridized carbons (Fsp3) is 0.333. The fourth-order valence-electron chi connectivity index (χ4n) is 2.10. The molecule has 0 aromatic carbocycles. The molecule has 4 nitrogen and oxygen atoms in total. The van der Waals surface area contributed by atoms with Gasteiger partial charge in [-0.3, -0.25) is 4.98 Å². The molecular formula is C12H14N4. The summed E-state index contributed by atoms with van der Waals surface area (Å²) in [4.78, 5) is 11.2. The Morgan fingerprint density at radius 1 is 1.06 bits per heavy atom. The van der Waals surface area contributed by atoms with Gasteiger partial charge in [0, 0.05) is 44.0 Å². The summed E-state index contributed by atoms with van der Waals surface area (Å²) in [5.41, 5.74) is 1.01. The molecule has 0 atom stereocenters. The van der Waals surface area contributed by atoms with E-state index in [0.29, 0.717) is 0 Å². The first-order chi connectivity index (χ1) is 7.95. The molecule has 16 heavy (non-hydrogen) atoms. The Morgan fingerprint density at radius 3 is 2.81 bits per heavy atom. The van der Waals surface area contributed by atoms with Crippen molar-refractivity contribution in [3.05, 3.63) is 30.6 Å². The van der Waals surface area contributed by atoms with E-state index in [0.717, 1.165) is 42.9 Å². The van der Waals surface area contributed by atoms with Gasteiger partial charge >= 0.3 is 0 Å². The molecule has 1 N–H and O–H groups in total. The van der Waals surface area contributed by atoms with Crippen molar-refractivity contribution in [2.45, 2.75) is 0 Å². The number of piperazine rings is 1. The number of rotatable bonds is 1. The zero-order chi connectivity index (χ0) is 10.8. The van der Waals surface area contributed by atoms with E-state index in [1.54, 1.807) is 0 Å². The second-order valence-electron chi connectivity index (χ2n) is 3.95. The van der Waals surface area contributed by atoms with Crippen molar-refractivity contribution in [3.63, 3.8) is 0 Å². The maximum absolute atomic E-state index is 4.47. The number of nitrogens with zero attached hydrogens (tertiary/aromatic N) is 3. The average Bonchev–Trinajstić information content (AvgIpc) is 2.39. The minimum atomic E-state index is 1.00. The molecule has 4 heteroatoms. The monoisotopic (exact) mass is 214 g/mol. The Morgan fingerprint density at radius 2 is 1.94 bits per heavy atom. The van der Waals surface area contributed by atoms with Gasteiger partial charge in [-0.05, 0) is 12.1 Å². The minimum absolute atomic E-state index is 1.00. The zero-order valence-corrected chi connectivity index (χ0v) is 9.06. The summed E-state index contributed by atoms with van der Waals surface area (Å²) in [6.45, 7) is 4.04. The highest BCUT2D eigenvalue weighted by atomic mass is 15.2. The van der Waals surface area contributed by atoms with E-state index in [2.05, 4.69) is 26.3 Å². The second kappa shape index (κ2) is 4.06. The number of nitrogens with one attached hydrogen (secondary N) is 1. The highest BCUT2D eigenvalue weighted by molar-refractivity contribution is 5.88. The Kier molecular flexibility index (Phi) is 2.42. The molecule has 0 radical (unpaired) electrons. The summed E-state index contributed by atoms with van der Waals surface area (Å²) in [7, 11) is 0. The van der Waals surface area contributed by atoms with Gasteiger partial charge in [0.25, 0.3) is 0 Å². The van der Waals surface area contributed by atoms with Gasteiger partial charge in [0.05, 0.1) is 0 Å². The lowest BCUT2D eigenvalue weighted by atomic mass is 10.2. The van der Waals surface area contributed by atoms with Gasteiger partial charge in [-0.1, -0.05) is 6.07 Å².